The highest BCUT2D eigenvalue weighted by Gasteiger charge is 2.36. The van der Waals surface area contributed by atoms with Gasteiger partial charge < -0.3 is 14.8 Å². The fourth-order valence-corrected chi connectivity index (χ4v) is 10.2. The summed E-state index contributed by atoms with van der Waals surface area (Å²) in [5.74, 6) is 1.44. The fraction of sp³-hybridized carbons (Fsp3) is 0.519. The van der Waals surface area contributed by atoms with Gasteiger partial charge in [-0.1, -0.05) is 98.5 Å². The Morgan fingerprint density at radius 1 is 0.780 bits per heavy atom. The number of nitrogens with zero attached hydrogens (tertiary/aromatic N) is 2. The lowest BCUT2D eigenvalue weighted by atomic mass is 9.68. The Morgan fingerprint density at radius 3 is 2.02 bits per heavy atom. The molecule has 2 saturated carbocycles. The highest BCUT2D eigenvalue weighted by Crippen LogP contribution is 2.44. The summed E-state index contributed by atoms with van der Waals surface area (Å²) in [5.41, 5.74) is 6.27. The molecule has 59 heavy (non-hydrogen) atoms. The van der Waals surface area contributed by atoms with Crippen molar-refractivity contribution in [1.82, 2.24) is 15.1 Å². The van der Waals surface area contributed by atoms with Crippen LogP contribution in [0.15, 0.2) is 97.1 Å². The lowest BCUT2D eigenvalue weighted by molar-refractivity contribution is -0.121. The maximum Gasteiger partial charge on any atom is 0.220 e. The number of methoxy groups -OCH3 is 2. The first-order valence-corrected chi connectivity index (χ1v) is 22.8. The number of hydrogen-bond donors (Lipinski definition) is 1. The topological polar surface area (TPSA) is 54.0 Å². The van der Waals surface area contributed by atoms with E-state index in [0.717, 1.165) is 80.8 Å². The van der Waals surface area contributed by atoms with Crippen LogP contribution >= 0.6 is 0 Å². The van der Waals surface area contributed by atoms with Gasteiger partial charge in [-0.2, -0.15) is 0 Å². The van der Waals surface area contributed by atoms with Gasteiger partial charge in [0.15, 0.2) is 11.5 Å². The molecule has 1 unspecified atom stereocenters. The molecule has 316 valence electrons. The minimum absolute atomic E-state index is 0.0408. The SMILES string of the molecule is COc1cc2c(cc1OC)C(CCCCCN(C1CCC1)C1CCC1)N(CCCC(CCCNC(=O)CCc1ccc(F)cc1)(c1ccccc1)c1ccccc1)CC2. The highest BCUT2D eigenvalue weighted by atomic mass is 19.1. The third-order valence-electron chi connectivity index (χ3n) is 14.0. The van der Waals surface area contributed by atoms with Crippen molar-refractivity contribution in [3.8, 4) is 11.5 Å². The van der Waals surface area contributed by atoms with Crippen LogP contribution in [0.2, 0.25) is 0 Å². The molecule has 0 aromatic heterocycles. The van der Waals surface area contributed by atoms with Gasteiger partial charge in [0.1, 0.15) is 5.82 Å². The van der Waals surface area contributed by atoms with E-state index in [2.05, 4.69) is 87.9 Å². The molecule has 6 nitrogen and oxygen atoms in total. The van der Waals surface area contributed by atoms with Crippen LogP contribution in [0.4, 0.5) is 4.39 Å². The van der Waals surface area contributed by atoms with E-state index >= 15 is 0 Å². The van der Waals surface area contributed by atoms with Crippen LogP contribution in [-0.2, 0) is 23.1 Å². The molecular weight excluding hydrogens is 734 g/mol. The van der Waals surface area contributed by atoms with Crippen molar-refractivity contribution in [2.24, 2.45) is 0 Å². The molecule has 0 spiro atoms. The number of hydrogen-bond acceptors (Lipinski definition) is 5. The molecule has 1 aliphatic heterocycles. The number of rotatable bonds is 23. The van der Waals surface area contributed by atoms with Crippen molar-refractivity contribution in [3.05, 3.63) is 131 Å². The van der Waals surface area contributed by atoms with Crippen LogP contribution in [0.3, 0.4) is 0 Å². The molecule has 1 amide bonds. The van der Waals surface area contributed by atoms with Gasteiger partial charge in [-0.05, 0) is 142 Å². The summed E-state index contributed by atoms with van der Waals surface area (Å²) in [4.78, 5) is 18.6. The first kappa shape index (κ1) is 42.9. The Hall–Kier alpha value is -4.20. The van der Waals surface area contributed by atoms with Crippen molar-refractivity contribution in [3.63, 3.8) is 0 Å². The van der Waals surface area contributed by atoms with Crippen molar-refractivity contribution in [2.45, 2.75) is 133 Å². The van der Waals surface area contributed by atoms with Gasteiger partial charge in [-0.25, -0.2) is 4.39 Å². The van der Waals surface area contributed by atoms with Crippen LogP contribution < -0.4 is 14.8 Å². The molecule has 7 rings (SSSR count). The smallest absolute Gasteiger partial charge is 0.220 e. The zero-order valence-corrected chi connectivity index (χ0v) is 35.8. The van der Waals surface area contributed by atoms with Crippen LogP contribution in [0.25, 0.3) is 0 Å². The largest absolute Gasteiger partial charge is 0.493 e. The Labute approximate surface area is 353 Å². The van der Waals surface area contributed by atoms with E-state index in [4.69, 9.17) is 9.47 Å². The summed E-state index contributed by atoms with van der Waals surface area (Å²) in [6.07, 6.45) is 19.3. The standard InChI is InChI=1S/C52H68FN3O3/c1-58-49-38-41-31-37-55(48(47(41)39-50(49)59-2)24-10-5-11-36-56(45-20-12-21-45)46-22-13-23-46)35-15-33-52(42-16-6-3-7-17-42,43-18-8-4-9-19-43)32-14-34-54-51(57)30-27-40-25-28-44(53)29-26-40/h3-4,6-9,16-19,25-26,28-29,38-39,45-46,48H,5,10-15,20-24,27,30-37H2,1-2H3,(H,54,57). The maximum atomic E-state index is 13.4. The Balaban J connectivity index is 1.03. The molecular formula is C52H68FN3O3. The predicted molar refractivity (Wildman–Crippen MR) is 238 cm³/mol. The summed E-state index contributed by atoms with van der Waals surface area (Å²) < 4.78 is 25.0. The molecule has 1 atom stereocenters. The second kappa shape index (κ2) is 21.4. The van der Waals surface area contributed by atoms with Gasteiger partial charge >= 0.3 is 0 Å². The molecule has 3 aliphatic rings. The summed E-state index contributed by atoms with van der Waals surface area (Å²) in [6.45, 7) is 3.96. The molecule has 0 bridgehead atoms. The number of aryl methyl sites for hydroxylation is 1. The van der Waals surface area contributed by atoms with E-state index < -0.39 is 0 Å². The number of unbranched alkanes of at least 4 members (excludes halogenated alkanes) is 2. The minimum Gasteiger partial charge on any atom is -0.493 e. The lowest BCUT2D eigenvalue weighted by Crippen LogP contribution is -2.49. The quantitative estimate of drug-likeness (QED) is 0.0757. The van der Waals surface area contributed by atoms with E-state index in [1.165, 1.54) is 98.7 Å². The van der Waals surface area contributed by atoms with Crippen LogP contribution in [0.5, 0.6) is 11.5 Å². The van der Waals surface area contributed by atoms with E-state index in [0.29, 0.717) is 25.4 Å². The fourth-order valence-electron chi connectivity index (χ4n) is 10.2. The van der Waals surface area contributed by atoms with Crippen molar-refractivity contribution < 1.29 is 18.7 Å². The molecule has 1 heterocycles. The summed E-state index contributed by atoms with van der Waals surface area (Å²) in [7, 11) is 3.49. The first-order valence-electron chi connectivity index (χ1n) is 22.8. The molecule has 0 radical (unpaired) electrons. The third-order valence-corrected chi connectivity index (χ3v) is 14.0. The van der Waals surface area contributed by atoms with Gasteiger partial charge in [0, 0.05) is 43.1 Å². The number of carbonyl (C=O) groups is 1. The van der Waals surface area contributed by atoms with E-state index in [1.54, 1.807) is 26.4 Å². The second-order valence-electron chi connectivity index (χ2n) is 17.5. The predicted octanol–water partition coefficient (Wildman–Crippen LogP) is 11.0. The normalized spacial score (nSPS) is 17.3. The number of carbonyl (C=O) groups excluding carboxylic acids is 1. The molecule has 2 aliphatic carbocycles. The molecule has 0 saturated heterocycles. The van der Waals surface area contributed by atoms with Crippen LogP contribution in [-0.4, -0.2) is 68.2 Å². The number of ether oxygens (including phenoxy) is 2. The molecule has 4 aromatic rings. The van der Waals surface area contributed by atoms with Gasteiger partial charge in [0.25, 0.3) is 0 Å². The average molecular weight is 802 g/mol. The average Bonchev–Trinajstić information content (AvgIpc) is 3.23. The number of benzene rings is 4. The molecule has 2 fully saturated rings. The summed E-state index contributed by atoms with van der Waals surface area (Å²) in [5, 5.41) is 3.19. The van der Waals surface area contributed by atoms with Gasteiger partial charge in [-0.3, -0.25) is 14.6 Å². The summed E-state index contributed by atoms with van der Waals surface area (Å²) >= 11 is 0. The Morgan fingerprint density at radius 2 is 1.41 bits per heavy atom. The minimum atomic E-state index is -0.253. The van der Waals surface area contributed by atoms with Gasteiger partial charge in [-0.15, -0.1) is 0 Å². The van der Waals surface area contributed by atoms with E-state index in [-0.39, 0.29) is 17.1 Å². The van der Waals surface area contributed by atoms with Gasteiger partial charge in [0.2, 0.25) is 5.91 Å². The van der Waals surface area contributed by atoms with Gasteiger partial charge in [0.05, 0.1) is 14.2 Å². The van der Waals surface area contributed by atoms with Crippen molar-refractivity contribution >= 4 is 5.91 Å². The number of nitrogens with one attached hydrogen (secondary N) is 1. The summed E-state index contributed by atoms with van der Waals surface area (Å²) in [6, 6.07) is 35.1. The van der Waals surface area contributed by atoms with Crippen molar-refractivity contribution in [1.29, 1.82) is 0 Å². The molecule has 1 N–H and O–H groups in total. The Bertz CT molecular complexity index is 1830. The monoisotopic (exact) mass is 802 g/mol. The third kappa shape index (κ3) is 11.0. The van der Waals surface area contributed by atoms with Crippen LogP contribution in [0.1, 0.15) is 130 Å². The first-order chi connectivity index (χ1) is 29.0. The molecule has 4 aromatic carbocycles. The maximum absolute atomic E-state index is 13.4. The second-order valence-corrected chi connectivity index (χ2v) is 17.5. The van der Waals surface area contributed by atoms with Crippen LogP contribution in [0, 0.1) is 5.82 Å². The van der Waals surface area contributed by atoms with Crippen molar-refractivity contribution in [2.75, 3.05) is 40.4 Å². The van der Waals surface area contributed by atoms with E-state index in [1.807, 2.05) is 0 Å². The zero-order valence-electron chi connectivity index (χ0n) is 35.8. The lowest BCUT2D eigenvalue weighted by Gasteiger charge is -2.46. The highest BCUT2D eigenvalue weighted by molar-refractivity contribution is 5.76. The zero-order chi connectivity index (χ0) is 40.9. The number of amides is 1. The molecule has 7 heteroatoms. The number of fused-ring (bicyclic) bond motifs is 1. The number of halogens is 1. The van der Waals surface area contributed by atoms with E-state index in [9.17, 15) is 9.18 Å². The Kier molecular flexibility index (Phi) is 15.5.